The topological polar surface area (TPSA) is 37.9 Å². The second-order valence-corrected chi connectivity index (χ2v) is 4.56. The number of imidazole rings is 1. The summed E-state index contributed by atoms with van der Waals surface area (Å²) < 4.78 is 5.27. The Kier molecular flexibility index (Phi) is 3.92. The fourth-order valence-corrected chi connectivity index (χ4v) is 2.12. The molecule has 0 amide bonds. The van der Waals surface area contributed by atoms with E-state index in [0.29, 0.717) is 17.2 Å². The first-order valence-electron chi connectivity index (χ1n) is 5.16. The number of benzene rings is 1. The van der Waals surface area contributed by atoms with Crippen LogP contribution in [-0.2, 0) is 6.42 Å². The fraction of sp³-hybridized carbons (Fsp3) is 0.250. The quantitative estimate of drug-likeness (QED) is 0.863. The second-order valence-electron chi connectivity index (χ2n) is 3.59. The predicted octanol–water partition coefficient (Wildman–Crippen LogP) is 3.59. The summed E-state index contributed by atoms with van der Waals surface area (Å²) >= 11 is 12.3. The van der Waals surface area contributed by atoms with E-state index >= 15 is 0 Å². The van der Waals surface area contributed by atoms with Crippen molar-refractivity contribution < 1.29 is 4.74 Å². The Morgan fingerprint density at radius 2 is 2.29 bits per heavy atom. The molecule has 1 aromatic carbocycles. The Hall–Kier alpha value is -1.19. The molecule has 0 fully saturated rings. The Balaban J connectivity index is 2.21. The number of rotatable bonds is 4. The predicted molar refractivity (Wildman–Crippen MR) is 68.9 cm³/mol. The third-order valence-electron chi connectivity index (χ3n) is 2.46. The van der Waals surface area contributed by atoms with Gasteiger partial charge in [-0.3, -0.25) is 0 Å². The number of hydrogen-bond acceptors (Lipinski definition) is 2. The van der Waals surface area contributed by atoms with E-state index in [4.69, 9.17) is 27.9 Å². The van der Waals surface area contributed by atoms with Crippen LogP contribution >= 0.6 is 23.2 Å². The summed E-state index contributed by atoms with van der Waals surface area (Å²) in [5, 5.41) is 0.431. The van der Waals surface area contributed by atoms with Gasteiger partial charge < -0.3 is 9.72 Å². The van der Waals surface area contributed by atoms with Crippen LogP contribution in [0, 0.1) is 0 Å². The molecule has 0 saturated carbocycles. The normalized spacial score (nSPS) is 12.4. The minimum atomic E-state index is -0.201. The lowest BCUT2D eigenvalue weighted by molar-refractivity contribution is 0.409. The van der Waals surface area contributed by atoms with Crippen molar-refractivity contribution in [1.82, 2.24) is 9.97 Å². The van der Waals surface area contributed by atoms with Crippen molar-refractivity contribution >= 4 is 23.2 Å². The van der Waals surface area contributed by atoms with Crippen LogP contribution in [0.15, 0.2) is 30.6 Å². The van der Waals surface area contributed by atoms with E-state index in [1.807, 2.05) is 6.07 Å². The van der Waals surface area contributed by atoms with Gasteiger partial charge in [-0.15, -0.1) is 11.6 Å². The van der Waals surface area contributed by atoms with E-state index in [1.54, 1.807) is 31.6 Å². The van der Waals surface area contributed by atoms with Crippen LogP contribution in [0.5, 0.6) is 5.75 Å². The average Bonchev–Trinajstić information content (AvgIpc) is 2.81. The van der Waals surface area contributed by atoms with E-state index in [0.717, 1.165) is 11.4 Å². The Morgan fingerprint density at radius 1 is 1.47 bits per heavy atom. The lowest BCUT2D eigenvalue weighted by Crippen LogP contribution is -2.00. The fourth-order valence-electron chi connectivity index (χ4n) is 1.63. The maximum absolute atomic E-state index is 6.35. The zero-order chi connectivity index (χ0) is 12.3. The summed E-state index contributed by atoms with van der Waals surface area (Å²) in [6.45, 7) is 0. The largest absolute Gasteiger partial charge is 0.496 e. The van der Waals surface area contributed by atoms with Crippen molar-refractivity contribution in [3.05, 3.63) is 47.0 Å². The van der Waals surface area contributed by atoms with Crippen LogP contribution in [-0.4, -0.2) is 17.1 Å². The molecule has 2 rings (SSSR count). The van der Waals surface area contributed by atoms with E-state index in [9.17, 15) is 0 Å². The van der Waals surface area contributed by atoms with Crippen molar-refractivity contribution in [3.8, 4) is 5.75 Å². The standard InChI is InChI=1S/C12H12Cl2N2O/c1-17-11-6-8(13)2-3-9(11)10(14)7-12-15-4-5-16-12/h2-6,10H,7H2,1H3,(H,15,16). The molecule has 0 spiro atoms. The van der Waals surface area contributed by atoms with Gasteiger partial charge in [0.2, 0.25) is 0 Å². The molecular formula is C12H12Cl2N2O. The highest BCUT2D eigenvalue weighted by Gasteiger charge is 2.15. The molecule has 1 heterocycles. The lowest BCUT2D eigenvalue weighted by Gasteiger charge is -2.13. The zero-order valence-corrected chi connectivity index (χ0v) is 10.8. The highest BCUT2D eigenvalue weighted by atomic mass is 35.5. The number of halogens is 2. The summed E-state index contributed by atoms with van der Waals surface area (Å²) in [7, 11) is 1.60. The molecule has 0 saturated heterocycles. The summed E-state index contributed by atoms with van der Waals surface area (Å²) in [5.74, 6) is 1.55. The lowest BCUT2D eigenvalue weighted by atomic mass is 10.1. The molecule has 1 N–H and O–H groups in total. The van der Waals surface area contributed by atoms with Crippen LogP contribution in [0.25, 0.3) is 0 Å². The highest BCUT2D eigenvalue weighted by Crippen LogP contribution is 2.33. The first-order valence-corrected chi connectivity index (χ1v) is 5.98. The second kappa shape index (κ2) is 5.43. The van der Waals surface area contributed by atoms with Gasteiger partial charge in [0.05, 0.1) is 12.5 Å². The van der Waals surface area contributed by atoms with Crippen LogP contribution in [0.1, 0.15) is 16.8 Å². The minimum Gasteiger partial charge on any atom is -0.496 e. The molecule has 1 atom stereocenters. The molecule has 0 bridgehead atoms. The number of nitrogens with one attached hydrogen (secondary N) is 1. The first kappa shape index (κ1) is 12.3. The van der Waals surface area contributed by atoms with Gasteiger partial charge in [-0.1, -0.05) is 17.7 Å². The number of aromatic nitrogens is 2. The summed E-state index contributed by atoms with van der Waals surface area (Å²) in [6, 6.07) is 5.44. The number of hydrogen-bond donors (Lipinski definition) is 1. The van der Waals surface area contributed by atoms with Crippen molar-refractivity contribution in [1.29, 1.82) is 0 Å². The van der Waals surface area contributed by atoms with E-state index in [-0.39, 0.29) is 5.38 Å². The number of alkyl halides is 1. The summed E-state index contributed by atoms with van der Waals surface area (Å²) in [4.78, 5) is 7.17. The smallest absolute Gasteiger partial charge is 0.125 e. The van der Waals surface area contributed by atoms with Gasteiger partial charge >= 0.3 is 0 Å². The van der Waals surface area contributed by atoms with Crippen LogP contribution in [0.2, 0.25) is 5.02 Å². The summed E-state index contributed by atoms with van der Waals surface area (Å²) in [5.41, 5.74) is 0.912. The molecule has 5 heteroatoms. The molecule has 1 aromatic heterocycles. The number of ether oxygens (including phenoxy) is 1. The number of H-pyrrole nitrogens is 1. The molecule has 1 unspecified atom stereocenters. The van der Waals surface area contributed by atoms with E-state index < -0.39 is 0 Å². The molecule has 0 radical (unpaired) electrons. The number of nitrogens with zero attached hydrogens (tertiary/aromatic N) is 1. The van der Waals surface area contributed by atoms with Gasteiger partial charge in [0, 0.05) is 29.4 Å². The minimum absolute atomic E-state index is 0.201. The Labute approximate surface area is 110 Å². The molecule has 0 aliphatic heterocycles. The maximum Gasteiger partial charge on any atom is 0.125 e. The molecule has 3 nitrogen and oxygen atoms in total. The third-order valence-corrected chi connectivity index (χ3v) is 3.08. The maximum atomic E-state index is 6.35. The van der Waals surface area contributed by atoms with E-state index in [2.05, 4.69) is 9.97 Å². The first-order chi connectivity index (χ1) is 8.20. The molecule has 0 aliphatic carbocycles. The van der Waals surface area contributed by atoms with Gasteiger partial charge in [0.15, 0.2) is 0 Å². The SMILES string of the molecule is COc1cc(Cl)ccc1C(Cl)Cc1ncc[nH]1. The Bertz CT molecular complexity index is 485. The van der Waals surface area contributed by atoms with Crippen molar-refractivity contribution in [2.75, 3.05) is 7.11 Å². The van der Waals surface area contributed by atoms with Crippen LogP contribution < -0.4 is 4.74 Å². The molecule has 90 valence electrons. The average molecular weight is 271 g/mol. The molecular weight excluding hydrogens is 259 g/mol. The molecule has 17 heavy (non-hydrogen) atoms. The zero-order valence-electron chi connectivity index (χ0n) is 9.28. The molecule has 2 aromatic rings. The highest BCUT2D eigenvalue weighted by molar-refractivity contribution is 6.30. The Morgan fingerprint density at radius 3 is 2.94 bits per heavy atom. The number of aromatic amines is 1. The third kappa shape index (κ3) is 2.93. The van der Waals surface area contributed by atoms with Crippen LogP contribution in [0.3, 0.4) is 0 Å². The van der Waals surface area contributed by atoms with Gasteiger partial charge in [-0.25, -0.2) is 4.98 Å². The monoisotopic (exact) mass is 270 g/mol. The van der Waals surface area contributed by atoms with Gasteiger partial charge in [-0.05, 0) is 12.1 Å². The summed E-state index contributed by atoms with van der Waals surface area (Å²) in [6.07, 6.45) is 4.10. The molecule has 0 aliphatic rings. The van der Waals surface area contributed by atoms with Crippen LogP contribution in [0.4, 0.5) is 0 Å². The van der Waals surface area contributed by atoms with Gasteiger partial charge in [-0.2, -0.15) is 0 Å². The van der Waals surface area contributed by atoms with Gasteiger partial charge in [0.1, 0.15) is 11.6 Å². The number of methoxy groups -OCH3 is 1. The van der Waals surface area contributed by atoms with Crippen molar-refractivity contribution in [3.63, 3.8) is 0 Å². The van der Waals surface area contributed by atoms with Gasteiger partial charge in [0.25, 0.3) is 0 Å². The van der Waals surface area contributed by atoms with E-state index in [1.165, 1.54) is 0 Å². The van der Waals surface area contributed by atoms with Crippen molar-refractivity contribution in [2.45, 2.75) is 11.8 Å². The van der Waals surface area contributed by atoms with Crippen molar-refractivity contribution in [2.24, 2.45) is 0 Å².